The van der Waals surface area contributed by atoms with Crippen LogP contribution in [-0.2, 0) is 6.18 Å². The van der Waals surface area contributed by atoms with Crippen LogP contribution in [0.4, 0.5) is 13.2 Å². The van der Waals surface area contributed by atoms with Gasteiger partial charge in [0.05, 0.1) is 17.7 Å². The van der Waals surface area contributed by atoms with Gasteiger partial charge in [0.2, 0.25) is 0 Å². The lowest BCUT2D eigenvalue weighted by atomic mass is 9.84. The summed E-state index contributed by atoms with van der Waals surface area (Å²) in [4.78, 5) is 15.0. The van der Waals surface area contributed by atoms with Crippen LogP contribution in [0.1, 0.15) is 44.2 Å². The second-order valence-corrected chi connectivity index (χ2v) is 9.47. The smallest absolute Gasteiger partial charge is 0.295 e. The van der Waals surface area contributed by atoms with Crippen molar-refractivity contribution in [2.45, 2.75) is 55.6 Å². The van der Waals surface area contributed by atoms with Gasteiger partial charge in [0.15, 0.2) is 0 Å². The number of aromatic nitrogens is 2. The Hall–Kier alpha value is -1.49. The molecule has 0 amide bonds. The first kappa shape index (κ1) is 20.8. The third kappa shape index (κ3) is 4.08. The topological polar surface area (TPSA) is 53.7 Å². The molecule has 160 valence electrons. The maximum atomic E-state index is 13.4. The normalized spacial score (nSPS) is 27.6. The highest BCUT2D eigenvalue weighted by Crippen LogP contribution is 2.39. The Labute approximate surface area is 171 Å². The average molecular weight is 430 g/mol. The number of hydrogen-bond acceptors (Lipinski definition) is 5. The Bertz CT molecular complexity index is 927. The number of nitrogens with zero attached hydrogens (tertiary/aromatic N) is 3. The minimum absolute atomic E-state index is 0.0716. The van der Waals surface area contributed by atoms with Gasteiger partial charge in [0.25, 0.3) is 0 Å². The molecule has 0 radical (unpaired) electrons. The molecule has 1 aliphatic carbocycles. The van der Waals surface area contributed by atoms with Crippen LogP contribution in [0, 0.1) is 5.92 Å². The Kier molecular flexibility index (Phi) is 5.71. The summed E-state index contributed by atoms with van der Waals surface area (Å²) in [7, 11) is 2.05. The monoisotopic (exact) mass is 429 g/mol. The average Bonchev–Trinajstić information content (AvgIpc) is 3.24. The molecule has 4 rings (SSSR count). The number of pyridine rings is 1. The van der Waals surface area contributed by atoms with Crippen LogP contribution in [-0.4, -0.2) is 38.3 Å². The van der Waals surface area contributed by atoms with Gasteiger partial charge >= 0.3 is 11.9 Å². The van der Waals surface area contributed by atoms with E-state index in [1.165, 1.54) is 23.0 Å². The molecule has 2 fully saturated rings. The first-order chi connectivity index (χ1) is 13.8. The molecular weight excluding hydrogens is 403 g/mol. The molecule has 0 aromatic carbocycles. The fourth-order valence-corrected chi connectivity index (χ4v) is 5.72. The van der Waals surface area contributed by atoms with Crippen LogP contribution in [0.15, 0.2) is 29.3 Å². The number of hydrazine groups is 1. The second kappa shape index (κ2) is 7.98. The second-order valence-electron chi connectivity index (χ2n) is 8.00. The number of imidazole rings is 1. The van der Waals surface area contributed by atoms with Gasteiger partial charge in [-0.1, -0.05) is 13.3 Å². The molecule has 2 aromatic heterocycles. The summed E-state index contributed by atoms with van der Waals surface area (Å²) in [6, 6.07) is 2.24. The van der Waals surface area contributed by atoms with Crippen molar-refractivity contribution in [3.8, 4) is 0 Å². The zero-order valence-electron chi connectivity index (χ0n) is 16.4. The maximum Gasteiger partial charge on any atom is 0.418 e. The van der Waals surface area contributed by atoms with Crippen molar-refractivity contribution in [2.75, 3.05) is 13.7 Å². The zero-order valence-corrected chi connectivity index (χ0v) is 17.3. The fourth-order valence-electron chi connectivity index (χ4n) is 4.41. The van der Waals surface area contributed by atoms with Crippen LogP contribution in [0.25, 0.3) is 5.52 Å². The molecule has 3 heterocycles. The van der Waals surface area contributed by atoms with Gasteiger partial charge in [0, 0.05) is 23.7 Å². The van der Waals surface area contributed by atoms with Gasteiger partial charge < -0.3 is 0 Å². The summed E-state index contributed by atoms with van der Waals surface area (Å²) in [5.41, 5.74) is 5.32. The summed E-state index contributed by atoms with van der Waals surface area (Å²) < 4.78 is 42.7. The van der Waals surface area contributed by atoms with E-state index in [-0.39, 0.29) is 17.1 Å². The third-order valence-electron chi connectivity index (χ3n) is 6.07. The molecule has 3 unspecified atom stereocenters. The zero-order chi connectivity index (χ0) is 20.8. The molecule has 4 atom stereocenters. The number of halogens is 3. The molecule has 29 heavy (non-hydrogen) atoms. The molecule has 1 saturated carbocycles. The van der Waals surface area contributed by atoms with E-state index in [9.17, 15) is 18.0 Å². The first-order valence-corrected chi connectivity index (χ1v) is 10.8. The van der Waals surface area contributed by atoms with Gasteiger partial charge in [-0.3, -0.25) is 13.9 Å². The largest absolute Gasteiger partial charge is 0.418 e. The first-order valence-electron chi connectivity index (χ1n) is 9.89. The van der Waals surface area contributed by atoms with E-state index in [0.29, 0.717) is 11.2 Å². The Balaban J connectivity index is 1.56. The highest BCUT2D eigenvalue weighted by Gasteiger charge is 2.35. The van der Waals surface area contributed by atoms with Crippen molar-refractivity contribution in [1.82, 2.24) is 24.7 Å². The molecule has 1 saturated heterocycles. The van der Waals surface area contributed by atoms with Crippen molar-refractivity contribution < 1.29 is 13.2 Å². The number of alkyl halides is 3. The summed E-state index contributed by atoms with van der Waals surface area (Å²) >= 11 is 1.85. The number of nitrogens with one attached hydrogen (secondary N) is 2. The van der Waals surface area contributed by atoms with Crippen molar-refractivity contribution in [2.24, 2.45) is 5.92 Å². The molecule has 2 N–H and O–H groups in total. The van der Waals surface area contributed by atoms with Gasteiger partial charge in [0.1, 0.15) is 5.50 Å². The number of rotatable bonds is 4. The lowest BCUT2D eigenvalue weighted by Crippen LogP contribution is -2.36. The third-order valence-corrected chi connectivity index (χ3v) is 7.62. The highest BCUT2D eigenvalue weighted by molar-refractivity contribution is 8.00. The molecule has 2 aromatic rings. The number of fused-ring (bicyclic) bond motifs is 1. The molecule has 0 spiro atoms. The highest BCUT2D eigenvalue weighted by atomic mass is 32.2. The van der Waals surface area contributed by atoms with Crippen LogP contribution in [0.2, 0.25) is 0 Å². The van der Waals surface area contributed by atoms with Crippen LogP contribution in [0.5, 0.6) is 0 Å². The Morgan fingerprint density at radius 1 is 1.31 bits per heavy atom. The fraction of sp³-hybridized carbons (Fsp3) is 0.632. The Morgan fingerprint density at radius 3 is 2.79 bits per heavy atom. The minimum Gasteiger partial charge on any atom is -0.295 e. The summed E-state index contributed by atoms with van der Waals surface area (Å²) in [5.74, 6) is 0.409. The van der Waals surface area contributed by atoms with E-state index in [4.69, 9.17) is 0 Å². The predicted octanol–water partition coefficient (Wildman–Crippen LogP) is 3.25. The van der Waals surface area contributed by atoms with Crippen molar-refractivity contribution in [3.05, 3.63) is 40.6 Å². The predicted molar refractivity (Wildman–Crippen MR) is 107 cm³/mol. The van der Waals surface area contributed by atoms with Crippen LogP contribution < -0.4 is 16.5 Å². The maximum absolute atomic E-state index is 13.4. The van der Waals surface area contributed by atoms with Crippen LogP contribution >= 0.6 is 11.8 Å². The quantitative estimate of drug-likeness (QED) is 0.782. The molecule has 2 aliphatic rings. The van der Waals surface area contributed by atoms with Crippen molar-refractivity contribution in [3.63, 3.8) is 0 Å². The van der Waals surface area contributed by atoms with E-state index < -0.39 is 17.4 Å². The van der Waals surface area contributed by atoms with E-state index >= 15 is 0 Å². The van der Waals surface area contributed by atoms with Crippen LogP contribution in [0.3, 0.4) is 0 Å². The molecule has 10 heteroatoms. The number of hydrogen-bond donors (Lipinski definition) is 2. The van der Waals surface area contributed by atoms with E-state index in [0.717, 1.165) is 42.8 Å². The van der Waals surface area contributed by atoms with Gasteiger partial charge in [-0.15, -0.1) is 11.8 Å². The van der Waals surface area contributed by atoms with Crippen molar-refractivity contribution >= 4 is 17.3 Å². The number of thioether (sulfide) groups is 1. The van der Waals surface area contributed by atoms with Gasteiger partial charge in [-0.2, -0.15) is 13.2 Å². The summed E-state index contributed by atoms with van der Waals surface area (Å²) in [5, 5.41) is 0.371. The van der Waals surface area contributed by atoms with Gasteiger partial charge in [-0.25, -0.2) is 15.6 Å². The SMILES string of the molecule is C[C@@H](SC1NNCN1C)C1CCCC(n2cc3c(C(F)(F)F)cccn3c2=O)C1. The summed E-state index contributed by atoms with van der Waals surface area (Å²) in [6.45, 7) is 2.98. The van der Waals surface area contributed by atoms with E-state index in [2.05, 4.69) is 22.7 Å². The standard InChI is InChI=1S/C19H26F3N5OS/c1-12(29-17-24-23-11-25(17)2)13-5-3-6-14(9-13)27-10-16-15(19(20,21)22)7-4-8-26(16)18(27)28/h4,7-8,10,12-14,17,23-24H,3,5-6,9,11H2,1-2H3/t12-,13?,14?,17?/m1/s1. The minimum atomic E-state index is -4.49. The lowest BCUT2D eigenvalue weighted by Gasteiger charge is -2.34. The Morgan fingerprint density at radius 2 is 2.10 bits per heavy atom. The molecular formula is C19H26F3N5OS. The lowest BCUT2D eigenvalue weighted by molar-refractivity contribution is -0.136. The molecule has 1 aliphatic heterocycles. The van der Waals surface area contributed by atoms with E-state index in [1.807, 2.05) is 18.8 Å². The molecule has 0 bridgehead atoms. The van der Waals surface area contributed by atoms with Gasteiger partial charge in [-0.05, 0) is 44.4 Å². The van der Waals surface area contributed by atoms with E-state index in [1.54, 1.807) is 0 Å². The summed E-state index contributed by atoms with van der Waals surface area (Å²) in [6.07, 6.45) is 1.98. The molecule has 6 nitrogen and oxygen atoms in total. The van der Waals surface area contributed by atoms with Crippen molar-refractivity contribution in [1.29, 1.82) is 0 Å².